The van der Waals surface area contributed by atoms with Gasteiger partial charge in [-0.15, -0.1) is 0 Å². The molecule has 0 unspecified atom stereocenters. The molecule has 1 atom stereocenters. The first-order valence-electron chi connectivity index (χ1n) is 6.57. The van der Waals surface area contributed by atoms with Crippen LogP contribution in [-0.2, 0) is 14.6 Å². The molecule has 2 rings (SSSR count). The summed E-state index contributed by atoms with van der Waals surface area (Å²) >= 11 is 5.72. The average molecular weight is 339 g/mol. The molecule has 1 aromatic heterocycles. The summed E-state index contributed by atoms with van der Waals surface area (Å²) in [5.41, 5.74) is 0.666. The van der Waals surface area contributed by atoms with Crippen LogP contribution in [0.15, 0.2) is 53.6 Å². The number of nitrogens with zero attached hydrogens (tertiary/aromatic N) is 1. The monoisotopic (exact) mass is 338 g/mol. The highest BCUT2D eigenvalue weighted by atomic mass is 35.5. The van der Waals surface area contributed by atoms with Crippen LogP contribution in [0.25, 0.3) is 0 Å². The molecule has 22 heavy (non-hydrogen) atoms. The van der Waals surface area contributed by atoms with E-state index in [1.807, 2.05) is 0 Å². The van der Waals surface area contributed by atoms with E-state index in [-0.39, 0.29) is 10.9 Å². The lowest BCUT2D eigenvalue weighted by atomic mass is 10.2. The van der Waals surface area contributed by atoms with Crippen molar-refractivity contribution in [1.29, 1.82) is 0 Å². The fraction of sp³-hybridized carbons (Fsp3) is 0.200. The van der Waals surface area contributed by atoms with Crippen LogP contribution >= 0.6 is 11.6 Å². The molecule has 2 aromatic rings. The lowest BCUT2D eigenvalue weighted by Crippen LogP contribution is -2.32. The average Bonchev–Trinajstić information content (AvgIpc) is 2.48. The molecule has 1 amide bonds. The normalized spacial score (nSPS) is 12.6. The topological polar surface area (TPSA) is 76.1 Å². The van der Waals surface area contributed by atoms with Gasteiger partial charge in [0.05, 0.1) is 16.6 Å². The van der Waals surface area contributed by atoms with Gasteiger partial charge in [0.1, 0.15) is 5.75 Å². The van der Waals surface area contributed by atoms with Gasteiger partial charge < -0.3 is 5.32 Å². The van der Waals surface area contributed by atoms with Gasteiger partial charge in [-0.25, -0.2) is 8.42 Å². The number of benzene rings is 1. The first-order chi connectivity index (χ1) is 10.4. The highest BCUT2D eigenvalue weighted by Crippen LogP contribution is 2.16. The summed E-state index contributed by atoms with van der Waals surface area (Å²) in [4.78, 5) is 16.1. The van der Waals surface area contributed by atoms with Gasteiger partial charge in [-0.05, 0) is 43.3 Å². The quantitative estimate of drug-likeness (QED) is 0.908. The van der Waals surface area contributed by atoms with Crippen LogP contribution in [0.5, 0.6) is 0 Å². The molecule has 0 spiro atoms. The number of hydrogen-bond acceptors (Lipinski definition) is 4. The summed E-state index contributed by atoms with van der Waals surface area (Å²) in [5, 5.41) is 3.06. The number of carbonyl (C=O) groups is 1. The van der Waals surface area contributed by atoms with Crippen molar-refractivity contribution >= 4 is 27.3 Å². The molecule has 0 aliphatic heterocycles. The lowest BCUT2D eigenvalue weighted by Gasteiger charge is -2.13. The Morgan fingerprint density at radius 1 is 1.23 bits per heavy atom. The summed E-state index contributed by atoms with van der Waals surface area (Å²) in [7, 11) is -3.70. The Morgan fingerprint density at radius 3 is 2.50 bits per heavy atom. The van der Waals surface area contributed by atoms with Crippen molar-refractivity contribution in [2.24, 2.45) is 0 Å². The summed E-state index contributed by atoms with van der Waals surface area (Å²) < 4.78 is 24.3. The van der Waals surface area contributed by atoms with Gasteiger partial charge in [0.25, 0.3) is 0 Å². The third-order valence-corrected chi connectivity index (χ3v) is 4.89. The standard InChI is InChI=1S/C15H15ClN2O3S/c1-11(14-4-2-3-9-17-14)18-15(19)10-22(20,21)13-7-5-12(16)6-8-13/h2-9,11H,10H2,1H3,(H,18,19)/t11-/m1/s1. The van der Waals surface area contributed by atoms with E-state index >= 15 is 0 Å². The Morgan fingerprint density at radius 2 is 1.91 bits per heavy atom. The first-order valence-corrected chi connectivity index (χ1v) is 8.60. The number of amides is 1. The lowest BCUT2D eigenvalue weighted by molar-refractivity contribution is -0.119. The van der Waals surface area contributed by atoms with Gasteiger partial charge in [-0.3, -0.25) is 9.78 Å². The Kier molecular flexibility index (Phi) is 5.15. The molecule has 1 N–H and O–H groups in total. The molecule has 0 bridgehead atoms. The van der Waals surface area contributed by atoms with Crippen molar-refractivity contribution in [3.05, 3.63) is 59.4 Å². The molecule has 0 aliphatic rings. The second kappa shape index (κ2) is 6.89. The smallest absolute Gasteiger partial charge is 0.236 e. The molecule has 0 fully saturated rings. The van der Waals surface area contributed by atoms with Crippen molar-refractivity contribution in [1.82, 2.24) is 10.3 Å². The second-order valence-electron chi connectivity index (χ2n) is 4.76. The number of rotatable bonds is 5. The number of hydrogen-bond donors (Lipinski definition) is 1. The minimum Gasteiger partial charge on any atom is -0.347 e. The van der Waals surface area contributed by atoms with Crippen LogP contribution in [0.2, 0.25) is 5.02 Å². The molecule has 1 aromatic carbocycles. The predicted octanol–water partition coefficient (Wildman–Crippen LogP) is 2.39. The van der Waals surface area contributed by atoms with E-state index in [4.69, 9.17) is 11.6 Å². The SMILES string of the molecule is C[C@@H](NC(=O)CS(=O)(=O)c1ccc(Cl)cc1)c1ccccn1. The number of nitrogens with one attached hydrogen (secondary N) is 1. The zero-order chi connectivity index (χ0) is 16.2. The van der Waals surface area contributed by atoms with Gasteiger partial charge in [-0.2, -0.15) is 0 Å². The maximum atomic E-state index is 12.2. The molecular weight excluding hydrogens is 324 g/mol. The molecule has 5 nitrogen and oxygen atoms in total. The zero-order valence-electron chi connectivity index (χ0n) is 11.9. The molecular formula is C15H15ClN2O3S. The van der Waals surface area contributed by atoms with Crippen molar-refractivity contribution in [2.75, 3.05) is 5.75 Å². The highest BCUT2D eigenvalue weighted by molar-refractivity contribution is 7.92. The Labute approximate surface area is 134 Å². The number of halogens is 1. The van der Waals surface area contributed by atoms with E-state index in [1.165, 1.54) is 24.3 Å². The van der Waals surface area contributed by atoms with Crippen molar-refractivity contribution in [3.8, 4) is 0 Å². The molecule has 7 heteroatoms. The Hall–Kier alpha value is -1.92. The van der Waals surface area contributed by atoms with Crippen LogP contribution in [0.3, 0.4) is 0 Å². The fourth-order valence-electron chi connectivity index (χ4n) is 1.89. The predicted molar refractivity (Wildman–Crippen MR) is 84.3 cm³/mol. The minimum atomic E-state index is -3.70. The number of sulfone groups is 1. The Bertz CT molecular complexity index is 746. The van der Waals surface area contributed by atoms with Gasteiger partial charge in [0, 0.05) is 11.2 Å². The van der Waals surface area contributed by atoms with E-state index in [2.05, 4.69) is 10.3 Å². The van der Waals surface area contributed by atoms with Crippen molar-refractivity contribution < 1.29 is 13.2 Å². The van der Waals surface area contributed by atoms with Gasteiger partial charge in [0.2, 0.25) is 5.91 Å². The summed E-state index contributed by atoms with van der Waals surface area (Å²) in [5.74, 6) is -1.20. The van der Waals surface area contributed by atoms with Gasteiger partial charge >= 0.3 is 0 Å². The minimum absolute atomic E-state index is 0.0672. The summed E-state index contributed by atoms with van der Waals surface area (Å²) in [6.45, 7) is 1.75. The summed E-state index contributed by atoms with van der Waals surface area (Å²) in [6.07, 6.45) is 1.61. The molecule has 1 heterocycles. The third kappa shape index (κ3) is 4.29. The largest absolute Gasteiger partial charge is 0.347 e. The number of pyridine rings is 1. The van der Waals surface area contributed by atoms with E-state index in [0.717, 1.165) is 0 Å². The molecule has 0 radical (unpaired) electrons. The van der Waals surface area contributed by atoms with Crippen LogP contribution in [-0.4, -0.2) is 25.1 Å². The van der Waals surface area contributed by atoms with Crippen molar-refractivity contribution in [2.45, 2.75) is 17.9 Å². The first kappa shape index (κ1) is 16.5. The summed E-state index contributed by atoms with van der Waals surface area (Å²) in [6, 6.07) is 10.7. The number of aromatic nitrogens is 1. The molecule has 0 saturated heterocycles. The van der Waals surface area contributed by atoms with E-state index < -0.39 is 21.5 Å². The van der Waals surface area contributed by atoms with Crippen LogP contribution < -0.4 is 5.32 Å². The second-order valence-corrected chi connectivity index (χ2v) is 7.18. The van der Waals surface area contributed by atoms with Crippen molar-refractivity contribution in [3.63, 3.8) is 0 Å². The molecule has 116 valence electrons. The van der Waals surface area contributed by atoms with Crippen LogP contribution in [0.4, 0.5) is 0 Å². The van der Waals surface area contributed by atoms with Crippen LogP contribution in [0.1, 0.15) is 18.7 Å². The molecule has 0 aliphatic carbocycles. The fourth-order valence-corrected chi connectivity index (χ4v) is 3.16. The van der Waals surface area contributed by atoms with E-state index in [0.29, 0.717) is 10.7 Å². The highest BCUT2D eigenvalue weighted by Gasteiger charge is 2.21. The van der Waals surface area contributed by atoms with Gasteiger partial charge in [-0.1, -0.05) is 17.7 Å². The third-order valence-electron chi connectivity index (χ3n) is 3.00. The van der Waals surface area contributed by atoms with E-state index in [1.54, 1.807) is 31.3 Å². The maximum Gasteiger partial charge on any atom is 0.236 e. The molecule has 0 saturated carbocycles. The Balaban J connectivity index is 2.03. The van der Waals surface area contributed by atoms with Crippen LogP contribution in [0, 0.1) is 0 Å². The maximum absolute atomic E-state index is 12.2. The van der Waals surface area contributed by atoms with E-state index in [9.17, 15) is 13.2 Å². The zero-order valence-corrected chi connectivity index (χ0v) is 13.4. The van der Waals surface area contributed by atoms with Gasteiger partial charge in [0.15, 0.2) is 9.84 Å². The number of carbonyl (C=O) groups excluding carboxylic acids is 1.